The summed E-state index contributed by atoms with van der Waals surface area (Å²) in [6.45, 7) is 2.81. The van der Waals surface area contributed by atoms with E-state index in [1.54, 1.807) is 6.07 Å². The molecule has 0 amide bonds. The van der Waals surface area contributed by atoms with Crippen LogP contribution in [0.1, 0.15) is 31.7 Å². The molecule has 0 aliphatic rings. The maximum Gasteiger partial charge on any atom is 0.139 e. The molecular formula is C12H15ClNO. The molecule has 1 rings (SSSR count). The highest BCUT2D eigenvalue weighted by Crippen LogP contribution is 2.08. The van der Waals surface area contributed by atoms with Crippen LogP contribution in [0.2, 0.25) is 5.02 Å². The van der Waals surface area contributed by atoms with Crippen molar-refractivity contribution in [2.75, 3.05) is 6.61 Å². The minimum absolute atomic E-state index is 0.654. The summed E-state index contributed by atoms with van der Waals surface area (Å²) in [6, 6.07) is 7.34. The molecule has 0 saturated carbocycles. The van der Waals surface area contributed by atoms with Crippen LogP contribution in [0.5, 0.6) is 0 Å². The van der Waals surface area contributed by atoms with Crippen LogP contribution in [-0.4, -0.2) is 12.8 Å². The normalized spacial score (nSPS) is 10.8. The molecular weight excluding hydrogens is 210 g/mol. The Morgan fingerprint density at radius 1 is 1.40 bits per heavy atom. The molecule has 0 bridgehead atoms. The number of nitrogens with zero attached hydrogens (tertiary/aromatic N) is 1. The van der Waals surface area contributed by atoms with Gasteiger partial charge in [-0.2, -0.15) is 0 Å². The molecule has 1 aromatic carbocycles. The molecule has 0 aliphatic carbocycles. The molecule has 1 radical (unpaired) electrons. The van der Waals surface area contributed by atoms with Crippen LogP contribution in [0.4, 0.5) is 0 Å². The van der Waals surface area contributed by atoms with Gasteiger partial charge in [0.25, 0.3) is 0 Å². The van der Waals surface area contributed by atoms with Gasteiger partial charge in [-0.1, -0.05) is 48.7 Å². The summed E-state index contributed by atoms with van der Waals surface area (Å²) in [5, 5.41) is 4.43. The van der Waals surface area contributed by atoms with E-state index in [-0.39, 0.29) is 0 Å². The molecule has 0 aliphatic heterocycles. The highest BCUT2D eigenvalue weighted by atomic mass is 35.5. The standard InChI is InChI=1S/C12H15ClNO/c1-2-3-4-8-15-14-10-11-6-5-7-12(13)9-11/h5-7,9H,2-4,8H2,1H3. The van der Waals surface area contributed by atoms with Crippen molar-refractivity contribution < 1.29 is 4.84 Å². The number of benzene rings is 1. The summed E-state index contributed by atoms with van der Waals surface area (Å²) in [5.41, 5.74) is 0.831. The quantitative estimate of drug-likeness (QED) is 0.410. The van der Waals surface area contributed by atoms with E-state index >= 15 is 0 Å². The van der Waals surface area contributed by atoms with Gasteiger partial charge in [0, 0.05) is 10.6 Å². The third kappa shape index (κ3) is 5.43. The average Bonchev–Trinajstić information content (AvgIpc) is 2.23. The summed E-state index contributed by atoms with van der Waals surface area (Å²) < 4.78 is 0. The molecule has 0 saturated heterocycles. The van der Waals surface area contributed by atoms with E-state index < -0.39 is 0 Å². The van der Waals surface area contributed by atoms with Gasteiger partial charge in [-0.05, 0) is 18.6 Å². The van der Waals surface area contributed by atoms with E-state index in [0.29, 0.717) is 11.6 Å². The van der Waals surface area contributed by atoms with Crippen molar-refractivity contribution in [2.24, 2.45) is 5.16 Å². The first-order valence-electron chi connectivity index (χ1n) is 5.16. The Kier molecular flexibility index (Phi) is 5.86. The smallest absolute Gasteiger partial charge is 0.139 e. The first kappa shape index (κ1) is 12.1. The van der Waals surface area contributed by atoms with Gasteiger partial charge < -0.3 is 4.84 Å². The van der Waals surface area contributed by atoms with Gasteiger partial charge in [0.05, 0.1) is 0 Å². The molecule has 0 fully saturated rings. The minimum Gasteiger partial charge on any atom is -0.395 e. The average molecular weight is 225 g/mol. The lowest BCUT2D eigenvalue weighted by Gasteiger charge is -1.97. The van der Waals surface area contributed by atoms with Crippen molar-refractivity contribution in [3.05, 3.63) is 34.9 Å². The van der Waals surface area contributed by atoms with Gasteiger partial charge in [0.2, 0.25) is 0 Å². The summed E-state index contributed by atoms with van der Waals surface area (Å²) in [5.74, 6) is 0. The highest BCUT2D eigenvalue weighted by Gasteiger charge is 1.90. The minimum atomic E-state index is 0.654. The second-order valence-electron chi connectivity index (χ2n) is 3.25. The van der Waals surface area contributed by atoms with E-state index in [9.17, 15) is 0 Å². The Morgan fingerprint density at radius 3 is 3.00 bits per heavy atom. The van der Waals surface area contributed by atoms with Crippen molar-refractivity contribution in [3.8, 4) is 0 Å². The molecule has 0 heterocycles. The molecule has 81 valence electrons. The largest absolute Gasteiger partial charge is 0.395 e. The first-order chi connectivity index (χ1) is 7.33. The molecule has 1 aromatic rings. The van der Waals surface area contributed by atoms with Crippen molar-refractivity contribution >= 4 is 17.8 Å². The molecule has 0 atom stereocenters. The lowest BCUT2D eigenvalue weighted by Crippen LogP contribution is -1.88. The molecule has 0 spiro atoms. The summed E-state index contributed by atoms with van der Waals surface area (Å²) >= 11 is 5.80. The monoisotopic (exact) mass is 224 g/mol. The molecule has 15 heavy (non-hydrogen) atoms. The van der Waals surface area contributed by atoms with E-state index in [0.717, 1.165) is 12.0 Å². The topological polar surface area (TPSA) is 21.6 Å². The van der Waals surface area contributed by atoms with Gasteiger partial charge in [0.1, 0.15) is 12.8 Å². The Hall–Kier alpha value is -1.02. The Bertz CT molecular complexity index is 312. The zero-order valence-electron chi connectivity index (χ0n) is 8.87. The summed E-state index contributed by atoms with van der Waals surface area (Å²) in [4.78, 5) is 5.05. The third-order valence-corrected chi connectivity index (χ3v) is 2.14. The van der Waals surface area contributed by atoms with Crippen LogP contribution in [0, 0.1) is 0 Å². The highest BCUT2D eigenvalue weighted by molar-refractivity contribution is 6.30. The Labute approximate surface area is 95.9 Å². The van der Waals surface area contributed by atoms with Crippen LogP contribution in [0.15, 0.2) is 29.4 Å². The van der Waals surface area contributed by atoms with Gasteiger partial charge in [-0.15, -0.1) is 0 Å². The van der Waals surface area contributed by atoms with Gasteiger partial charge in [-0.3, -0.25) is 0 Å². The number of hydrogen-bond acceptors (Lipinski definition) is 2. The summed E-state index contributed by atoms with van der Waals surface area (Å²) in [6.07, 6.45) is 6.18. The second-order valence-corrected chi connectivity index (χ2v) is 3.69. The van der Waals surface area contributed by atoms with Crippen LogP contribution < -0.4 is 0 Å². The Balaban J connectivity index is 2.26. The van der Waals surface area contributed by atoms with Crippen molar-refractivity contribution in [2.45, 2.75) is 26.2 Å². The van der Waals surface area contributed by atoms with Gasteiger partial charge in [-0.25, -0.2) is 0 Å². The first-order valence-corrected chi connectivity index (χ1v) is 5.54. The van der Waals surface area contributed by atoms with Crippen molar-refractivity contribution in [3.63, 3.8) is 0 Å². The lowest BCUT2D eigenvalue weighted by molar-refractivity contribution is 0.141. The number of halogens is 1. The van der Waals surface area contributed by atoms with Crippen LogP contribution in [0.3, 0.4) is 0 Å². The summed E-state index contributed by atoms with van der Waals surface area (Å²) in [7, 11) is 0. The fourth-order valence-corrected chi connectivity index (χ4v) is 1.30. The molecule has 0 unspecified atom stereocenters. The maximum atomic E-state index is 5.80. The van der Waals surface area contributed by atoms with E-state index in [4.69, 9.17) is 16.4 Å². The van der Waals surface area contributed by atoms with Crippen LogP contribution >= 0.6 is 11.6 Å². The van der Waals surface area contributed by atoms with Gasteiger partial charge in [0.15, 0.2) is 0 Å². The maximum absolute atomic E-state index is 5.80. The fraction of sp³-hybridized carbons (Fsp3) is 0.417. The molecule has 0 N–H and O–H groups in total. The molecule has 2 nitrogen and oxygen atoms in total. The van der Waals surface area contributed by atoms with Gasteiger partial charge >= 0.3 is 0 Å². The van der Waals surface area contributed by atoms with Crippen LogP contribution in [-0.2, 0) is 4.84 Å². The lowest BCUT2D eigenvalue weighted by atomic mass is 10.2. The van der Waals surface area contributed by atoms with Crippen molar-refractivity contribution in [1.82, 2.24) is 0 Å². The van der Waals surface area contributed by atoms with Crippen molar-refractivity contribution in [1.29, 1.82) is 0 Å². The third-order valence-electron chi connectivity index (χ3n) is 1.90. The number of hydrogen-bond donors (Lipinski definition) is 0. The second kappa shape index (κ2) is 7.30. The predicted molar refractivity (Wildman–Crippen MR) is 63.5 cm³/mol. The van der Waals surface area contributed by atoms with E-state index in [1.165, 1.54) is 12.8 Å². The SMILES string of the molecule is CCCCCO/N=[C]/c1cccc(Cl)c1. The van der Waals surface area contributed by atoms with E-state index in [1.807, 2.05) is 18.2 Å². The van der Waals surface area contributed by atoms with E-state index in [2.05, 4.69) is 18.3 Å². The zero-order chi connectivity index (χ0) is 10.9. The number of unbranched alkanes of at least 4 members (excludes halogenated alkanes) is 2. The predicted octanol–water partition coefficient (Wildman–Crippen LogP) is 3.76. The zero-order valence-corrected chi connectivity index (χ0v) is 9.63. The van der Waals surface area contributed by atoms with Crippen LogP contribution in [0.25, 0.3) is 0 Å². The molecule has 0 aromatic heterocycles. The number of rotatable bonds is 6. The fourth-order valence-electron chi connectivity index (χ4n) is 1.11. The molecule has 3 heteroatoms. The Morgan fingerprint density at radius 2 is 2.27 bits per heavy atom.